The molecule has 1 aromatic carbocycles. The van der Waals surface area contributed by atoms with Crippen LogP contribution in [0.3, 0.4) is 0 Å². The van der Waals surface area contributed by atoms with Crippen LogP contribution in [0.15, 0.2) is 18.2 Å². The first-order valence-corrected chi connectivity index (χ1v) is 8.44. The number of anilines is 1. The predicted molar refractivity (Wildman–Crippen MR) is 88.9 cm³/mol. The number of amides is 3. The van der Waals surface area contributed by atoms with E-state index in [0.717, 1.165) is 19.3 Å². The van der Waals surface area contributed by atoms with Crippen molar-refractivity contribution in [3.63, 3.8) is 0 Å². The summed E-state index contributed by atoms with van der Waals surface area (Å²) in [5.74, 6) is -0.799. The number of fused-ring (bicyclic) bond motifs is 1. The van der Waals surface area contributed by atoms with Crippen molar-refractivity contribution >= 4 is 23.4 Å². The van der Waals surface area contributed by atoms with Gasteiger partial charge in [-0.2, -0.15) is 0 Å². The van der Waals surface area contributed by atoms with Crippen molar-refractivity contribution in [2.45, 2.75) is 39.2 Å². The van der Waals surface area contributed by atoms with Crippen LogP contribution in [-0.2, 0) is 9.53 Å². The highest BCUT2D eigenvalue weighted by atomic mass is 16.5. The lowest BCUT2D eigenvalue weighted by atomic mass is 10.1. The van der Waals surface area contributed by atoms with Gasteiger partial charge in [0.15, 0.2) is 0 Å². The van der Waals surface area contributed by atoms with Crippen LogP contribution in [0.2, 0.25) is 0 Å². The van der Waals surface area contributed by atoms with Gasteiger partial charge in [0, 0.05) is 18.2 Å². The molecule has 128 valence electrons. The lowest BCUT2D eigenvalue weighted by Crippen LogP contribution is -2.36. The van der Waals surface area contributed by atoms with Crippen LogP contribution in [0.4, 0.5) is 5.69 Å². The van der Waals surface area contributed by atoms with Crippen LogP contribution in [0.5, 0.6) is 0 Å². The fourth-order valence-corrected chi connectivity index (χ4v) is 2.98. The van der Waals surface area contributed by atoms with Crippen LogP contribution in [0, 0.1) is 5.92 Å². The molecule has 1 N–H and O–H groups in total. The Labute approximate surface area is 141 Å². The van der Waals surface area contributed by atoms with E-state index in [1.54, 1.807) is 18.2 Å². The van der Waals surface area contributed by atoms with Gasteiger partial charge in [-0.3, -0.25) is 19.3 Å². The molecule has 0 bridgehead atoms. The number of benzene rings is 1. The molecule has 1 saturated heterocycles. The molecule has 2 aliphatic heterocycles. The van der Waals surface area contributed by atoms with Gasteiger partial charge in [0.05, 0.1) is 23.8 Å². The van der Waals surface area contributed by atoms with Crippen LogP contribution < -0.4 is 5.32 Å². The van der Waals surface area contributed by atoms with Gasteiger partial charge >= 0.3 is 0 Å². The number of nitrogens with zero attached hydrogens (tertiary/aromatic N) is 1. The molecule has 2 unspecified atom stereocenters. The predicted octanol–water partition coefficient (Wildman–Crippen LogP) is 2.45. The van der Waals surface area contributed by atoms with E-state index >= 15 is 0 Å². The van der Waals surface area contributed by atoms with Crippen LogP contribution in [-0.4, -0.2) is 41.9 Å². The largest absolute Gasteiger partial charge is 0.376 e. The maximum absolute atomic E-state index is 12.6. The van der Waals surface area contributed by atoms with Crippen LogP contribution in [0.1, 0.15) is 53.8 Å². The molecule has 0 aliphatic carbocycles. The Hall–Kier alpha value is -2.21. The molecule has 1 aromatic rings. The molecule has 3 rings (SSSR count). The zero-order chi connectivity index (χ0) is 17.3. The quantitative estimate of drug-likeness (QED) is 0.842. The number of rotatable bonds is 5. The molecule has 6 heteroatoms. The average Bonchev–Trinajstić information content (AvgIpc) is 3.17. The Bertz CT molecular complexity index is 680. The summed E-state index contributed by atoms with van der Waals surface area (Å²) in [5, 5.41) is 2.80. The summed E-state index contributed by atoms with van der Waals surface area (Å²) in [6.07, 6.45) is 2.49. The maximum atomic E-state index is 12.6. The van der Waals surface area contributed by atoms with E-state index in [1.165, 1.54) is 4.90 Å². The van der Waals surface area contributed by atoms with Gasteiger partial charge in [0.2, 0.25) is 5.91 Å². The molecule has 2 atom stereocenters. The number of ether oxygens (including phenoxy) is 1. The van der Waals surface area contributed by atoms with Crippen LogP contribution in [0.25, 0.3) is 0 Å². The minimum atomic E-state index is -0.315. The Morgan fingerprint density at radius 2 is 2.08 bits per heavy atom. The highest BCUT2D eigenvalue weighted by molar-refractivity contribution is 6.21. The van der Waals surface area contributed by atoms with Crippen molar-refractivity contribution in [1.29, 1.82) is 0 Å². The van der Waals surface area contributed by atoms with E-state index < -0.39 is 0 Å². The summed E-state index contributed by atoms with van der Waals surface area (Å²) < 4.78 is 5.52. The minimum absolute atomic E-state index is 0.0724. The van der Waals surface area contributed by atoms with Gasteiger partial charge in [-0.15, -0.1) is 0 Å². The number of nitrogens with one attached hydrogen (secondary N) is 1. The lowest BCUT2D eigenvalue weighted by molar-refractivity contribution is -0.119. The first-order chi connectivity index (χ1) is 11.5. The third-order valence-electron chi connectivity index (χ3n) is 4.71. The van der Waals surface area contributed by atoms with Crippen molar-refractivity contribution < 1.29 is 19.1 Å². The maximum Gasteiger partial charge on any atom is 0.261 e. The minimum Gasteiger partial charge on any atom is -0.376 e. The molecule has 0 spiro atoms. The molecule has 6 nitrogen and oxygen atoms in total. The topological polar surface area (TPSA) is 75.7 Å². The monoisotopic (exact) mass is 330 g/mol. The lowest BCUT2D eigenvalue weighted by Gasteiger charge is -2.17. The average molecular weight is 330 g/mol. The Balaban J connectivity index is 1.77. The van der Waals surface area contributed by atoms with Gasteiger partial charge in [0.25, 0.3) is 11.8 Å². The van der Waals surface area contributed by atoms with Gasteiger partial charge in [-0.25, -0.2) is 0 Å². The SMILES string of the molecule is CCC(C)C(=O)Nc1ccc2c(c1)C(=O)N(CC1CCCO1)C2=O. The van der Waals surface area contributed by atoms with Crippen molar-refractivity contribution in [3.8, 4) is 0 Å². The highest BCUT2D eigenvalue weighted by Crippen LogP contribution is 2.27. The molecule has 0 radical (unpaired) electrons. The highest BCUT2D eigenvalue weighted by Gasteiger charge is 2.37. The molecule has 2 aliphatic rings. The van der Waals surface area contributed by atoms with Crippen molar-refractivity contribution in [2.24, 2.45) is 5.92 Å². The molecule has 2 heterocycles. The third-order valence-corrected chi connectivity index (χ3v) is 4.71. The summed E-state index contributed by atoms with van der Waals surface area (Å²) in [6, 6.07) is 4.86. The Kier molecular flexibility index (Phi) is 4.66. The number of carbonyl (C=O) groups excluding carboxylic acids is 3. The molecule has 0 aromatic heterocycles. The second-order valence-corrected chi connectivity index (χ2v) is 6.41. The molecule has 1 fully saturated rings. The molecule has 24 heavy (non-hydrogen) atoms. The number of imide groups is 1. The van der Waals surface area contributed by atoms with Gasteiger partial charge in [-0.05, 0) is 37.5 Å². The summed E-state index contributed by atoms with van der Waals surface area (Å²) in [7, 11) is 0. The van der Waals surface area contributed by atoms with Gasteiger partial charge < -0.3 is 10.1 Å². The fourth-order valence-electron chi connectivity index (χ4n) is 2.98. The number of hydrogen-bond donors (Lipinski definition) is 1. The summed E-state index contributed by atoms with van der Waals surface area (Å²) in [4.78, 5) is 38.2. The molecular weight excluding hydrogens is 308 g/mol. The summed E-state index contributed by atoms with van der Waals surface area (Å²) in [6.45, 7) is 4.76. The zero-order valence-electron chi connectivity index (χ0n) is 14.0. The summed E-state index contributed by atoms with van der Waals surface area (Å²) >= 11 is 0. The van der Waals surface area contributed by atoms with E-state index in [-0.39, 0.29) is 29.7 Å². The van der Waals surface area contributed by atoms with Crippen LogP contribution >= 0.6 is 0 Å². The Morgan fingerprint density at radius 3 is 2.75 bits per heavy atom. The van der Waals surface area contributed by atoms with E-state index in [2.05, 4.69) is 5.32 Å². The second-order valence-electron chi connectivity index (χ2n) is 6.41. The first kappa shape index (κ1) is 16.6. The van der Waals surface area contributed by atoms with E-state index in [0.29, 0.717) is 30.0 Å². The van der Waals surface area contributed by atoms with Crippen molar-refractivity contribution in [2.75, 3.05) is 18.5 Å². The molecular formula is C18H22N2O4. The standard InChI is InChI=1S/C18H22N2O4/c1-3-11(2)16(21)19-12-6-7-14-15(9-12)18(23)20(17(14)22)10-13-5-4-8-24-13/h6-7,9,11,13H,3-5,8,10H2,1-2H3,(H,19,21). The smallest absolute Gasteiger partial charge is 0.261 e. The normalized spacial score (nSPS) is 21.1. The van der Waals surface area contributed by atoms with E-state index in [1.807, 2.05) is 13.8 Å². The summed E-state index contributed by atoms with van der Waals surface area (Å²) in [5.41, 5.74) is 1.28. The second kappa shape index (κ2) is 6.73. The Morgan fingerprint density at radius 1 is 1.33 bits per heavy atom. The molecule has 3 amide bonds. The van der Waals surface area contributed by atoms with Gasteiger partial charge in [-0.1, -0.05) is 13.8 Å². The number of carbonyl (C=O) groups is 3. The third kappa shape index (κ3) is 3.06. The zero-order valence-corrected chi connectivity index (χ0v) is 14.0. The van der Waals surface area contributed by atoms with Crippen molar-refractivity contribution in [3.05, 3.63) is 29.3 Å². The van der Waals surface area contributed by atoms with Gasteiger partial charge in [0.1, 0.15) is 0 Å². The number of hydrogen-bond acceptors (Lipinski definition) is 4. The fraction of sp³-hybridized carbons (Fsp3) is 0.500. The molecule has 0 saturated carbocycles. The van der Waals surface area contributed by atoms with E-state index in [4.69, 9.17) is 4.74 Å². The van der Waals surface area contributed by atoms with E-state index in [9.17, 15) is 14.4 Å². The van der Waals surface area contributed by atoms with Crippen molar-refractivity contribution in [1.82, 2.24) is 4.90 Å². The first-order valence-electron chi connectivity index (χ1n) is 8.44.